The van der Waals surface area contributed by atoms with Crippen molar-refractivity contribution in [1.82, 2.24) is 9.55 Å². The van der Waals surface area contributed by atoms with Crippen LogP contribution >= 0.6 is 0 Å². The number of hydrogen-bond acceptors (Lipinski definition) is 2. The molecule has 1 aromatic carbocycles. The van der Waals surface area contributed by atoms with Crippen LogP contribution < -0.4 is 5.32 Å². The molecule has 1 N–H and O–H groups in total. The third kappa shape index (κ3) is 3.09. The summed E-state index contributed by atoms with van der Waals surface area (Å²) in [6.45, 7) is 5.41. The Balaban J connectivity index is 2.07. The van der Waals surface area contributed by atoms with E-state index < -0.39 is 0 Å². The molecule has 0 aliphatic rings. The van der Waals surface area contributed by atoms with Gasteiger partial charge in [0.05, 0.1) is 0 Å². The second-order valence-electron chi connectivity index (χ2n) is 4.57. The van der Waals surface area contributed by atoms with Crippen LogP contribution in [0.2, 0.25) is 0 Å². The lowest BCUT2D eigenvalue weighted by atomic mass is 10.1. The van der Waals surface area contributed by atoms with E-state index in [1.54, 1.807) is 0 Å². The van der Waals surface area contributed by atoms with E-state index in [0.29, 0.717) is 5.92 Å². The van der Waals surface area contributed by atoms with E-state index >= 15 is 0 Å². The Morgan fingerprint density at radius 3 is 2.71 bits per heavy atom. The fourth-order valence-corrected chi connectivity index (χ4v) is 1.70. The lowest BCUT2D eigenvalue weighted by Crippen LogP contribution is -2.09. The number of hydrogen-bond donors (Lipinski definition) is 1. The maximum Gasteiger partial charge on any atom is 0.207 e. The molecule has 0 unspecified atom stereocenters. The summed E-state index contributed by atoms with van der Waals surface area (Å²) in [4.78, 5) is 4.34. The molecule has 3 heteroatoms. The first-order valence-electron chi connectivity index (χ1n) is 6.10. The molecule has 0 saturated carbocycles. The molecule has 3 nitrogen and oxygen atoms in total. The highest BCUT2D eigenvalue weighted by molar-refractivity contribution is 5.41. The van der Waals surface area contributed by atoms with Crippen molar-refractivity contribution in [2.45, 2.75) is 20.3 Å². The van der Waals surface area contributed by atoms with Crippen LogP contribution in [0.5, 0.6) is 0 Å². The van der Waals surface area contributed by atoms with Crippen molar-refractivity contribution in [2.24, 2.45) is 5.92 Å². The third-order valence-corrected chi connectivity index (χ3v) is 2.68. The highest BCUT2D eigenvalue weighted by atomic mass is 15.2. The molecule has 0 aliphatic heterocycles. The van der Waals surface area contributed by atoms with Crippen molar-refractivity contribution < 1.29 is 0 Å². The highest BCUT2D eigenvalue weighted by Gasteiger charge is 2.03. The number of rotatable bonds is 5. The summed E-state index contributed by atoms with van der Waals surface area (Å²) in [6, 6.07) is 10.2. The predicted octanol–water partition coefficient (Wildman–Crippen LogP) is 3.33. The topological polar surface area (TPSA) is 29.9 Å². The first kappa shape index (κ1) is 11.7. The van der Waals surface area contributed by atoms with E-state index in [-0.39, 0.29) is 0 Å². The smallest absolute Gasteiger partial charge is 0.207 e. The van der Waals surface area contributed by atoms with Crippen LogP contribution in [0.1, 0.15) is 20.3 Å². The molecular formula is C14H19N3. The van der Waals surface area contributed by atoms with Crippen LogP contribution in [0.3, 0.4) is 0 Å². The monoisotopic (exact) mass is 229 g/mol. The fourth-order valence-electron chi connectivity index (χ4n) is 1.70. The van der Waals surface area contributed by atoms with Crippen molar-refractivity contribution in [1.29, 1.82) is 0 Å². The highest BCUT2D eigenvalue weighted by Crippen LogP contribution is 2.14. The lowest BCUT2D eigenvalue weighted by Gasteiger charge is -2.10. The molecule has 0 spiro atoms. The van der Waals surface area contributed by atoms with Crippen LogP contribution in [-0.2, 0) is 0 Å². The average Bonchev–Trinajstić information content (AvgIpc) is 2.78. The zero-order valence-corrected chi connectivity index (χ0v) is 10.4. The van der Waals surface area contributed by atoms with Gasteiger partial charge in [0.1, 0.15) is 0 Å². The summed E-state index contributed by atoms with van der Waals surface area (Å²) >= 11 is 0. The van der Waals surface area contributed by atoms with Crippen molar-refractivity contribution in [3.8, 4) is 5.69 Å². The minimum absolute atomic E-state index is 0.711. The maximum atomic E-state index is 4.34. The zero-order valence-electron chi connectivity index (χ0n) is 10.4. The van der Waals surface area contributed by atoms with Gasteiger partial charge in [0.2, 0.25) is 5.95 Å². The van der Waals surface area contributed by atoms with Gasteiger partial charge in [0.25, 0.3) is 0 Å². The Bertz CT molecular complexity index is 446. The Labute approximate surface area is 103 Å². The summed E-state index contributed by atoms with van der Waals surface area (Å²) in [5, 5.41) is 3.37. The van der Waals surface area contributed by atoms with Gasteiger partial charge in [-0.05, 0) is 24.5 Å². The molecule has 0 amide bonds. The number of para-hydroxylation sites is 1. The molecule has 90 valence electrons. The molecule has 17 heavy (non-hydrogen) atoms. The largest absolute Gasteiger partial charge is 0.355 e. The molecule has 0 bridgehead atoms. The second kappa shape index (κ2) is 5.53. The first-order chi connectivity index (χ1) is 8.27. The van der Waals surface area contributed by atoms with E-state index in [1.807, 2.05) is 30.6 Å². The van der Waals surface area contributed by atoms with Crippen LogP contribution in [0.4, 0.5) is 5.95 Å². The maximum absolute atomic E-state index is 4.34. The molecule has 0 radical (unpaired) electrons. The van der Waals surface area contributed by atoms with Crippen LogP contribution in [0.15, 0.2) is 42.7 Å². The number of imidazole rings is 1. The summed E-state index contributed by atoms with van der Waals surface area (Å²) in [7, 11) is 0. The minimum Gasteiger partial charge on any atom is -0.355 e. The van der Waals surface area contributed by atoms with Gasteiger partial charge in [0, 0.05) is 24.6 Å². The van der Waals surface area contributed by atoms with Gasteiger partial charge in [0.15, 0.2) is 0 Å². The Hall–Kier alpha value is -1.77. The molecule has 0 fully saturated rings. The van der Waals surface area contributed by atoms with Crippen LogP contribution in [0, 0.1) is 5.92 Å². The normalized spacial score (nSPS) is 10.8. The number of nitrogens with zero attached hydrogens (tertiary/aromatic N) is 2. The Morgan fingerprint density at radius 2 is 2.00 bits per heavy atom. The van der Waals surface area contributed by atoms with Gasteiger partial charge in [-0.2, -0.15) is 0 Å². The van der Waals surface area contributed by atoms with E-state index in [2.05, 4.69) is 40.8 Å². The summed E-state index contributed by atoms with van der Waals surface area (Å²) in [5.74, 6) is 1.62. The third-order valence-electron chi connectivity index (χ3n) is 2.68. The average molecular weight is 229 g/mol. The fraction of sp³-hybridized carbons (Fsp3) is 0.357. The SMILES string of the molecule is CC(C)CCNc1nccn1-c1ccccc1. The van der Waals surface area contributed by atoms with Gasteiger partial charge in [-0.1, -0.05) is 32.0 Å². The summed E-state index contributed by atoms with van der Waals surface area (Å²) in [5.41, 5.74) is 1.14. The summed E-state index contributed by atoms with van der Waals surface area (Å²) < 4.78 is 2.07. The number of nitrogens with one attached hydrogen (secondary N) is 1. The Kier molecular flexibility index (Phi) is 3.81. The van der Waals surface area contributed by atoms with Gasteiger partial charge in [-0.25, -0.2) is 4.98 Å². The minimum atomic E-state index is 0.711. The van der Waals surface area contributed by atoms with E-state index in [0.717, 1.165) is 24.6 Å². The quantitative estimate of drug-likeness (QED) is 0.852. The Morgan fingerprint density at radius 1 is 1.24 bits per heavy atom. The van der Waals surface area contributed by atoms with Gasteiger partial charge >= 0.3 is 0 Å². The molecule has 0 atom stereocenters. The second-order valence-corrected chi connectivity index (χ2v) is 4.57. The zero-order chi connectivity index (χ0) is 12.1. The first-order valence-corrected chi connectivity index (χ1v) is 6.10. The molecule has 2 rings (SSSR count). The van der Waals surface area contributed by atoms with Crippen molar-refractivity contribution in [3.05, 3.63) is 42.7 Å². The number of benzene rings is 1. The number of aromatic nitrogens is 2. The van der Waals surface area contributed by atoms with Crippen LogP contribution in [-0.4, -0.2) is 16.1 Å². The van der Waals surface area contributed by atoms with Crippen molar-refractivity contribution in [3.63, 3.8) is 0 Å². The van der Waals surface area contributed by atoms with Gasteiger partial charge < -0.3 is 5.32 Å². The standard InChI is InChI=1S/C14H19N3/c1-12(2)8-9-15-14-16-10-11-17(14)13-6-4-3-5-7-13/h3-7,10-12H,8-9H2,1-2H3,(H,15,16). The molecular weight excluding hydrogens is 210 g/mol. The lowest BCUT2D eigenvalue weighted by molar-refractivity contribution is 0.605. The summed E-state index contributed by atoms with van der Waals surface area (Å²) in [6.07, 6.45) is 4.96. The van der Waals surface area contributed by atoms with Gasteiger partial charge in [-0.3, -0.25) is 4.57 Å². The van der Waals surface area contributed by atoms with E-state index in [9.17, 15) is 0 Å². The van der Waals surface area contributed by atoms with E-state index in [1.165, 1.54) is 0 Å². The van der Waals surface area contributed by atoms with Crippen molar-refractivity contribution in [2.75, 3.05) is 11.9 Å². The number of anilines is 1. The van der Waals surface area contributed by atoms with Gasteiger partial charge in [-0.15, -0.1) is 0 Å². The predicted molar refractivity (Wildman–Crippen MR) is 71.5 cm³/mol. The van der Waals surface area contributed by atoms with Crippen molar-refractivity contribution >= 4 is 5.95 Å². The molecule has 0 saturated heterocycles. The molecule has 0 aliphatic carbocycles. The molecule has 1 aromatic heterocycles. The van der Waals surface area contributed by atoms with Crippen LogP contribution in [0.25, 0.3) is 5.69 Å². The molecule has 1 heterocycles. The molecule has 2 aromatic rings. The van der Waals surface area contributed by atoms with E-state index in [4.69, 9.17) is 0 Å².